The molecule has 20 rings (SSSR count). The van der Waals surface area contributed by atoms with Crippen LogP contribution in [0.1, 0.15) is 95.0 Å². The van der Waals surface area contributed by atoms with Gasteiger partial charge < -0.3 is 17.7 Å². The maximum atomic E-state index is 7.87. The van der Waals surface area contributed by atoms with Crippen molar-refractivity contribution in [3.8, 4) is 89.5 Å². The molecule has 0 spiro atoms. The Bertz CT molecular complexity index is 8260. The van der Waals surface area contributed by atoms with E-state index in [0.717, 1.165) is 200 Å². The van der Waals surface area contributed by atoms with Crippen molar-refractivity contribution in [3.05, 3.63) is 377 Å². The third kappa shape index (κ3) is 14.5. The fourth-order valence-electron chi connectivity index (χ4n) is 19.2. The molecule has 12 nitrogen and oxygen atoms in total. The number of rotatable bonds is 8. The van der Waals surface area contributed by atoms with E-state index in [1.54, 1.807) is 0 Å². The van der Waals surface area contributed by atoms with Crippen molar-refractivity contribution in [1.82, 2.24) is 0 Å². The molecular weight excluding hydrogens is 1580 g/mol. The predicted octanol–water partition coefficient (Wildman–Crippen LogP) is 30.4. The first-order valence-corrected chi connectivity index (χ1v) is 43.6. The first-order valence-electron chi connectivity index (χ1n) is 43.6. The second kappa shape index (κ2) is 34.0. The lowest BCUT2D eigenvalue weighted by molar-refractivity contribution is -0.667. The van der Waals surface area contributed by atoms with Crippen LogP contribution in [0.5, 0.6) is 0 Å². The highest BCUT2D eigenvalue weighted by Gasteiger charge is 2.33. The molecule has 0 bridgehead atoms. The van der Waals surface area contributed by atoms with Crippen LogP contribution in [0.15, 0.2) is 254 Å². The molecule has 0 saturated heterocycles. The van der Waals surface area contributed by atoms with Gasteiger partial charge in [0, 0.05) is 133 Å². The molecule has 0 fully saturated rings. The van der Waals surface area contributed by atoms with Crippen molar-refractivity contribution < 1.29 is 35.9 Å². The van der Waals surface area contributed by atoms with Crippen molar-refractivity contribution in [2.45, 2.75) is 118 Å². The Balaban J connectivity index is 0.000000121. The van der Waals surface area contributed by atoms with Gasteiger partial charge in [-0.25, -0.2) is 23.9 Å². The lowest BCUT2D eigenvalue weighted by atomic mass is 9.94. The summed E-state index contributed by atoms with van der Waals surface area (Å²) in [6.45, 7) is 67.4. The molecule has 8 aromatic heterocycles. The van der Waals surface area contributed by atoms with E-state index in [9.17, 15) is 0 Å². The summed E-state index contributed by atoms with van der Waals surface area (Å²) < 4.78 is 35.7. The van der Waals surface area contributed by atoms with E-state index in [1.807, 2.05) is 125 Å². The van der Waals surface area contributed by atoms with Crippen molar-refractivity contribution in [1.29, 1.82) is 0 Å². The maximum absolute atomic E-state index is 7.87. The van der Waals surface area contributed by atoms with Crippen LogP contribution in [0.4, 0.5) is 22.7 Å². The average molecular weight is 1680 g/mol. The van der Waals surface area contributed by atoms with Gasteiger partial charge in [0.1, 0.15) is 72.9 Å². The summed E-state index contributed by atoms with van der Waals surface area (Å²) in [5.74, 6) is 0. The molecule has 0 atom stereocenters. The van der Waals surface area contributed by atoms with Gasteiger partial charge in [0.2, 0.25) is 45.5 Å². The fourth-order valence-corrected chi connectivity index (χ4v) is 19.2. The first-order chi connectivity index (χ1) is 62.1. The molecule has 129 heavy (non-hydrogen) atoms. The minimum Gasteiger partial charge on any atom is -0.456 e. The molecule has 0 N–H and O–H groups in total. The van der Waals surface area contributed by atoms with Gasteiger partial charge in [-0.05, 0) is 193 Å². The van der Waals surface area contributed by atoms with E-state index in [0.29, 0.717) is 22.7 Å². The van der Waals surface area contributed by atoms with E-state index < -0.39 is 0 Å². The normalized spacial score (nSPS) is 11.3. The molecule has 0 aliphatic heterocycles. The van der Waals surface area contributed by atoms with Crippen molar-refractivity contribution in [2.24, 2.45) is 28.2 Å². The second-order valence-corrected chi connectivity index (χ2v) is 34.7. The lowest BCUT2D eigenvalue weighted by Crippen LogP contribution is -2.36. The van der Waals surface area contributed by atoms with Gasteiger partial charge in [-0.3, -0.25) is 0 Å². The third-order valence-electron chi connectivity index (χ3n) is 26.8. The Morgan fingerprint density at radius 3 is 1.01 bits per heavy atom. The Hall–Kier alpha value is -15.6. The van der Waals surface area contributed by atoms with Crippen LogP contribution in [0.3, 0.4) is 0 Å². The molecule has 630 valence electrons. The average Bonchev–Trinajstić information content (AvgIpc) is 1.57. The van der Waals surface area contributed by atoms with E-state index in [1.165, 1.54) is 72.7 Å². The van der Waals surface area contributed by atoms with Gasteiger partial charge in [0.25, 0.3) is 0 Å². The molecular formula is C117H102N8O4+4. The third-order valence-corrected chi connectivity index (χ3v) is 26.8. The summed E-state index contributed by atoms with van der Waals surface area (Å²) in [4.78, 5) is 15.6. The van der Waals surface area contributed by atoms with Gasteiger partial charge in [-0.1, -0.05) is 188 Å². The molecule has 0 unspecified atom stereocenters. The highest BCUT2D eigenvalue weighted by atomic mass is 16.3. The Kier molecular flexibility index (Phi) is 22.6. The van der Waals surface area contributed by atoms with E-state index in [-0.39, 0.29) is 0 Å². The molecule has 0 amide bonds. The van der Waals surface area contributed by atoms with E-state index in [2.05, 4.69) is 296 Å². The molecule has 8 heterocycles. The van der Waals surface area contributed by atoms with Gasteiger partial charge >= 0.3 is 0 Å². The summed E-state index contributed by atoms with van der Waals surface area (Å²) in [6, 6.07) is 79.1. The SMILES string of the molecule is [C-]#[N+]c1c(C)cc2c(oc3c(-c4c(C)c(C)cc[n+]4C)c(C)ccc32)c1-c1ccccc1.[C-]#[N+]c1c(C)cc2c(oc3c(-c4cc(C)c(C)c(C)[n+]4C)c(C)ccc32)c1-c1ccccc1.[C-]#[N+]c1c(C)cc2c(oc3c(-c4ccc(C)c(C)[n+]4C)c(C)ccc32)c1-c1ccccc1.[C-]#[N+]c1c(C)cc2c(oc3c(-c4cccc(C)[n+]4C)c(C)cc(C)c32)c1-c1ccccc1. The van der Waals surface area contributed by atoms with Gasteiger partial charge in [-0.15, -0.1) is 0 Å². The summed E-state index contributed by atoms with van der Waals surface area (Å²) in [5.41, 5.74) is 45.5. The largest absolute Gasteiger partial charge is 0.456 e. The number of aryl methyl sites for hydroxylation is 14. The molecule has 20 aromatic rings. The number of hydrogen-bond acceptors (Lipinski definition) is 4. The summed E-state index contributed by atoms with van der Waals surface area (Å²) in [7, 11) is 8.40. The number of aromatic nitrogens is 4. The van der Waals surface area contributed by atoms with Crippen molar-refractivity contribution in [2.75, 3.05) is 0 Å². The van der Waals surface area contributed by atoms with E-state index in [4.69, 9.17) is 44.0 Å². The van der Waals surface area contributed by atoms with Crippen LogP contribution in [-0.2, 0) is 28.2 Å². The number of fused-ring (bicyclic) bond motifs is 12. The van der Waals surface area contributed by atoms with Crippen LogP contribution in [0, 0.1) is 144 Å². The molecule has 0 aliphatic carbocycles. The summed E-state index contributed by atoms with van der Waals surface area (Å²) in [6.07, 6.45) is 2.11. The minimum atomic E-state index is 0.651. The van der Waals surface area contributed by atoms with Gasteiger partial charge in [0.05, 0.1) is 48.5 Å². The molecule has 12 heteroatoms. The number of furan rings is 4. The monoisotopic (exact) mass is 1680 g/mol. The number of hydrogen-bond donors (Lipinski definition) is 0. The molecule has 0 saturated carbocycles. The molecule has 12 aromatic carbocycles. The Labute approximate surface area is 754 Å². The van der Waals surface area contributed by atoms with Crippen LogP contribution in [-0.4, -0.2) is 0 Å². The van der Waals surface area contributed by atoms with Crippen LogP contribution in [0.25, 0.3) is 197 Å². The number of pyridine rings is 4. The highest BCUT2D eigenvalue weighted by Crippen LogP contribution is 2.52. The lowest BCUT2D eigenvalue weighted by Gasteiger charge is -2.10. The molecule has 0 radical (unpaired) electrons. The van der Waals surface area contributed by atoms with Crippen LogP contribution < -0.4 is 18.3 Å². The van der Waals surface area contributed by atoms with Crippen LogP contribution >= 0.6 is 0 Å². The highest BCUT2D eigenvalue weighted by molar-refractivity contribution is 6.20. The van der Waals surface area contributed by atoms with Crippen molar-refractivity contribution in [3.63, 3.8) is 0 Å². The number of nitrogens with zero attached hydrogens (tertiary/aromatic N) is 8. The summed E-state index contributed by atoms with van der Waals surface area (Å²) >= 11 is 0. The van der Waals surface area contributed by atoms with Gasteiger partial charge in [-0.2, -0.15) is 13.7 Å². The second-order valence-electron chi connectivity index (χ2n) is 34.7. The smallest absolute Gasteiger partial charge is 0.219 e. The summed E-state index contributed by atoms with van der Waals surface area (Å²) in [5, 5.41) is 8.59. The minimum absolute atomic E-state index is 0.651. The number of benzene rings is 12. The van der Waals surface area contributed by atoms with Gasteiger partial charge in [0.15, 0.2) is 23.3 Å². The van der Waals surface area contributed by atoms with Crippen molar-refractivity contribution >= 4 is 111 Å². The fraction of sp³-hybridized carbons (Fsp3) is 0.179. The molecule has 0 aliphatic rings. The zero-order chi connectivity index (χ0) is 91.1. The standard InChI is InChI=1S/C30H27N2O.3C29H25N2O/c1-17-13-14-23-24-15-19(3)28(31-6)27(22-11-9-8-10-12-22)30(24)33-29(23)26(17)25-16-18(2)20(4)21(5)32(25)7;1-17-15-18(2)25(23-14-10-11-20(4)31(23)6)29-24(17)22-16-19(3)27(30-5)26(28(22)32-29)21-12-8-7-9-13-21;1-17-13-15-24(31(6)20(17)4)25-18(2)12-14-22-23-16-19(3)27(30-5)26(29(23)32-28(22)25)21-10-8-7-9-11-21;1-17-14-15-31(6)27(20(17)4)24-18(2)12-13-22-23-16-19(3)26(30-5)25(29(23)32-28(22)24)21-10-8-7-9-11-21/h8-16H,1-5,7H3;3*7-16H,1-4,6H3/q4*+1. The first kappa shape index (κ1) is 85.6. The zero-order valence-corrected chi connectivity index (χ0v) is 77.2. The predicted molar refractivity (Wildman–Crippen MR) is 529 cm³/mol. The maximum Gasteiger partial charge on any atom is 0.219 e. The van der Waals surface area contributed by atoms with Crippen LogP contribution in [0.2, 0.25) is 0 Å². The topological polar surface area (TPSA) is 85.5 Å². The van der Waals surface area contributed by atoms with E-state index >= 15 is 0 Å². The quantitative estimate of drug-likeness (QED) is 0.112. The Morgan fingerprint density at radius 1 is 0.233 bits per heavy atom. The Morgan fingerprint density at radius 2 is 0.581 bits per heavy atom. The zero-order valence-electron chi connectivity index (χ0n) is 77.2.